The van der Waals surface area contributed by atoms with Gasteiger partial charge in [-0.2, -0.15) is 0 Å². The molecule has 68 valence electrons. The van der Waals surface area contributed by atoms with Crippen LogP contribution in [0.2, 0.25) is 0 Å². The van der Waals surface area contributed by atoms with Gasteiger partial charge in [-0.1, -0.05) is 6.92 Å². The maximum absolute atomic E-state index is 4.26. The molecule has 0 amide bonds. The molecule has 0 aliphatic carbocycles. The number of thiazole rings is 1. The average molecular weight is 184 g/mol. The summed E-state index contributed by atoms with van der Waals surface area (Å²) >= 11 is 1.71. The van der Waals surface area contributed by atoms with E-state index < -0.39 is 0 Å². The summed E-state index contributed by atoms with van der Waals surface area (Å²) in [6, 6.07) is 0.962. The van der Waals surface area contributed by atoms with Crippen LogP contribution >= 0.6 is 11.3 Å². The van der Waals surface area contributed by atoms with E-state index in [-0.39, 0.29) is 0 Å². The third kappa shape index (κ3) is 2.57. The van der Waals surface area contributed by atoms with Gasteiger partial charge in [0.2, 0.25) is 0 Å². The van der Waals surface area contributed by atoms with Crippen LogP contribution in [0, 0.1) is 0 Å². The number of nitrogens with one attached hydrogen (secondary N) is 1. The van der Waals surface area contributed by atoms with Crippen LogP contribution in [0.15, 0.2) is 11.6 Å². The molecular weight excluding hydrogens is 168 g/mol. The van der Waals surface area contributed by atoms with Crippen molar-refractivity contribution in [3.63, 3.8) is 0 Å². The highest BCUT2D eigenvalue weighted by Crippen LogP contribution is 2.15. The first kappa shape index (κ1) is 9.68. The molecule has 0 aliphatic rings. The molecule has 0 saturated carbocycles. The molecular formula is C9H16N2S. The smallest absolute Gasteiger partial charge is 0.109 e. The zero-order valence-electron chi connectivity index (χ0n) is 7.87. The zero-order chi connectivity index (χ0) is 8.97. The lowest BCUT2D eigenvalue weighted by atomic mass is 10.2. The van der Waals surface area contributed by atoms with Crippen molar-refractivity contribution >= 4 is 11.3 Å². The molecule has 1 aromatic rings. The Bertz CT molecular complexity index is 208. The van der Waals surface area contributed by atoms with Gasteiger partial charge >= 0.3 is 0 Å². The first-order valence-corrected chi connectivity index (χ1v) is 5.27. The summed E-state index contributed by atoms with van der Waals surface area (Å²) in [5.41, 5.74) is 0. The largest absolute Gasteiger partial charge is 0.306 e. The molecule has 0 saturated heterocycles. The summed E-state index contributed by atoms with van der Waals surface area (Å²) in [5.74, 6) is 0. The molecule has 0 spiro atoms. The summed E-state index contributed by atoms with van der Waals surface area (Å²) < 4.78 is 0. The highest BCUT2D eigenvalue weighted by molar-refractivity contribution is 7.09. The van der Waals surface area contributed by atoms with Crippen molar-refractivity contribution in [2.45, 2.75) is 39.3 Å². The fourth-order valence-corrected chi connectivity index (χ4v) is 1.72. The van der Waals surface area contributed by atoms with Gasteiger partial charge in [-0.3, -0.25) is 0 Å². The van der Waals surface area contributed by atoms with Crippen molar-refractivity contribution in [3.05, 3.63) is 16.6 Å². The summed E-state index contributed by atoms with van der Waals surface area (Å²) in [4.78, 5) is 4.26. The Labute approximate surface area is 78.0 Å². The van der Waals surface area contributed by atoms with E-state index in [1.165, 1.54) is 5.01 Å². The lowest BCUT2D eigenvalue weighted by Crippen LogP contribution is -2.27. The van der Waals surface area contributed by atoms with Gasteiger partial charge < -0.3 is 5.32 Å². The Kier molecular flexibility index (Phi) is 3.69. The Morgan fingerprint density at radius 2 is 2.33 bits per heavy atom. The molecule has 12 heavy (non-hydrogen) atoms. The van der Waals surface area contributed by atoms with E-state index in [0.717, 1.165) is 6.42 Å². The number of hydrogen-bond donors (Lipinski definition) is 1. The highest BCUT2D eigenvalue weighted by Gasteiger charge is 2.09. The normalized spacial score (nSPS) is 15.9. The molecule has 1 heterocycles. The number of hydrogen-bond acceptors (Lipinski definition) is 3. The molecule has 3 heteroatoms. The number of aromatic nitrogens is 1. The molecule has 0 bridgehead atoms. The van der Waals surface area contributed by atoms with Crippen LogP contribution < -0.4 is 5.32 Å². The number of rotatable bonds is 4. The van der Waals surface area contributed by atoms with Crippen molar-refractivity contribution in [3.8, 4) is 0 Å². The molecule has 0 aromatic carbocycles. The van der Waals surface area contributed by atoms with Crippen molar-refractivity contribution < 1.29 is 0 Å². The maximum atomic E-state index is 4.26. The van der Waals surface area contributed by atoms with Crippen molar-refractivity contribution in [1.82, 2.24) is 10.3 Å². The molecule has 1 rings (SSSR count). The van der Waals surface area contributed by atoms with Crippen LogP contribution in [0.3, 0.4) is 0 Å². The fraction of sp³-hybridized carbons (Fsp3) is 0.667. The molecule has 2 atom stereocenters. The monoisotopic (exact) mass is 184 g/mol. The van der Waals surface area contributed by atoms with E-state index in [1.54, 1.807) is 11.3 Å². The van der Waals surface area contributed by atoms with E-state index >= 15 is 0 Å². The van der Waals surface area contributed by atoms with Crippen LogP contribution in [0.5, 0.6) is 0 Å². The first-order chi connectivity index (χ1) is 5.74. The van der Waals surface area contributed by atoms with E-state index in [4.69, 9.17) is 0 Å². The lowest BCUT2D eigenvalue weighted by Gasteiger charge is -2.16. The van der Waals surface area contributed by atoms with Gasteiger partial charge in [0.05, 0.1) is 6.04 Å². The van der Waals surface area contributed by atoms with Crippen LogP contribution in [-0.2, 0) is 0 Å². The second-order valence-electron chi connectivity index (χ2n) is 3.07. The molecule has 2 nitrogen and oxygen atoms in total. The lowest BCUT2D eigenvalue weighted by molar-refractivity contribution is 0.468. The minimum absolute atomic E-state index is 0.389. The quantitative estimate of drug-likeness (QED) is 0.778. The summed E-state index contributed by atoms with van der Waals surface area (Å²) in [6.45, 7) is 6.54. The van der Waals surface area contributed by atoms with Gasteiger partial charge in [0.15, 0.2) is 0 Å². The topological polar surface area (TPSA) is 24.9 Å². The molecule has 0 radical (unpaired) electrons. The van der Waals surface area contributed by atoms with E-state index in [9.17, 15) is 0 Å². The third-order valence-corrected chi connectivity index (χ3v) is 2.93. The molecule has 0 aliphatic heterocycles. The Morgan fingerprint density at radius 3 is 2.83 bits per heavy atom. The second-order valence-corrected chi connectivity index (χ2v) is 3.99. The van der Waals surface area contributed by atoms with Gasteiger partial charge in [0.25, 0.3) is 0 Å². The SMILES string of the molecule is CC[C@H](C)N[C@H](C)c1nccs1. The Morgan fingerprint density at radius 1 is 1.58 bits per heavy atom. The maximum Gasteiger partial charge on any atom is 0.109 e. The minimum Gasteiger partial charge on any atom is -0.306 e. The van der Waals surface area contributed by atoms with Crippen LogP contribution in [0.1, 0.15) is 38.2 Å². The Hall–Kier alpha value is -0.410. The third-order valence-electron chi connectivity index (χ3n) is 1.97. The summed E-state index contributed by atoms with van der Waals surface area (Å²) in [6.07, 6.45) is 3.02. The summed E-state index contributed by atoms with van der Waals surface area (Å²) in [5, 5.41) is 6.67. The molecule has 1 aromatic heterocycles. The minimum atomic E-state index is 0.389. The predicted octanol–water partition coefficient (Wildman–Crippen LogP) is 2.59. The van der Waals surface area contributed by atoms with Gasteiger partial charge in [-0.15, -0.1) is 11.3 Å². The van der Waals surface area contributed by atoms with Crippen molar-refractivity contribution in [2.75, 3.05) is 0 Å². The van der Waals surface area contributed by atoms with Gasteiger partial charge in [-0.05, 0) is 20.3 Å². The van der Waals surface area contributed by atoms with Crippen LogP contribution in [0.25, 0.3) is 0 Å². The van der Waals surface area contributed by atoms with E-state index in [1.807, 2.05) is 11.6 Å². The van der Waals surface area contributed by atoms with Gasteiger partial charge in [0.1, 0.15) is 5.01 Å². The van der Waals surface area contributed by atoms with E-state index in [0.29, 0.717) is 12.1 Å². The number of nitrogens with zero attached hydrogens (tertiary/aromatic N) is 1. The predicted molar refractivity (Wildman–Crippen MR) is 53.4 cm³/mol. The fourth-order valence-electron chi connectivity index (χ4n) is 1.06. The molecule has 0 fully saturated rings. The van der Waals surface area contributed by atoms with Crippen LogP contribution in [-0.4, -0.2) is 11.0 Å². The van der Waals surface area contributed by atoms with Crippen molar-refractivity contribution in [1.29, 1.82) is 0 Å². The van der Waals surface area contributed by atoms with Crippen molar-refractivity contribution in [2.24, 2.45) is 0 Å². The Balaban J connectivity index is 2.44. The van der Waals surface area contributed by atoms with Crippen LogP contribution in [0.4, 0.5) is 0 Å². The molecule has 1 N–H and O–H groups in total. The van der Waals surface area contributed by atoms with Gasteiger partial charge in [0, 0.05) is 17.6 Å². The zero-order valence-corrected chi connectivity index (χ0v) is 8.69. The summed E-state index contributed by atoms with van der Waals surface area (Å²) in [7, 11) is 0. The second kappa shape index (κ2) is 4.58. The molecule has 0 unspecified atom stereocenters. The standard InChI is InChI=1S/C9H16N2S/c1-4-7(2)11-8(3)9-10-5-6-12-9/h5-8,11H,4H2,1-3H3/t7-,8+/m0/s1. The first-order valence-electron chi connectivity index (χ1n) is 4.39. The van der Waals surface area contributed by atoms with E-state index in [2.05, 4.69) is 31.1 Å². The highest BCUT2D eigenvalue weighted by atomic mass is 32.1. The van der Waals surface area contributed by atoms with Gasteiger partial charge in [-0.25, -0.2) is 4.98 Å². The average Bonchev–Trinajstić information content (AvgIpc) is 2.56.